The van der Waals surface area contributed by atoms with E-state index in [1.807, 2.05) is 24.3 Å². The number of aliphatic hydroxyl groups is 1. The van der Waals surface area contributed by atoms with Crippen molar-refractivity contribution >= 4 is 22.9 Å². The maximum atomic E-state index is 9.19. The predicted octanol–water partition coefficient (Wildman–Crippen LogP) is 3.44. The van der Waals surface area contributed by atoms with Gasteiger partial charge in [0.05, 0.1) is 17.3 Å². The van der Waals surface area contributed by atoms with Crippen LogP contribution in [0.25, 0.3) is 0 Å². The SMILES string of the molecule is CCc1sc(Cc2ccc(Cl)cc2)nc1CO. The molecule has 4 heteroatoms. The van der Waals surface area contributed by atoms with Crippen LogP contribution in [0.4, 0.5) is 0 Å². The lowest BCUT2D eigenvalue weighted by Crippen LogP contribution is -1.90. The quantitative estimate of drug-likeness (QED) is 0.921. The molecule has 0 bridgehead atoms. The molecular formula is C13H14ClNOS. The van der Waals surface area contributed by atoms with Gasteiger partial charge in [0.15, 0.2) is 0 Å². The molecule has 1 heterocycles. The molecule has 2 nitrogen and oxygen atoms in total. The Morgan fingerprint density at radius 3 is 2.53 bits per heavy atom. The van der Waals surface area contributed by atoms with Gasteiger partial charge in [-0.25, -0.2) is 4.98 Å². The predicted molar refractivity (Wildman–Crippen MR) is 71.7 cm³/mol. The second kappa shape index (κ2) is 5.63. The zero-order valence-corrected chi connectivity index (χ0v) is 11.2. The molecule has 0 aliphatic heterocycles. The summed E-state index contributed by atoms with van der Waals surface area (Å²) in [6.07, 6.45) is 1.73. The second-order valence-corrected chi connectivity index (χ2v) is 5.40. The Bertz CT molecular complexity index is 471. The molecule has 0 aliphatic carbocycles. The summed E-state index contributed by atoms with van der Waals surface area (Å²) in [6.45, 7) is 2.11. The van der Waals surface area contributed by atoms with Gasteiger partial charge in [0.2, 0.25) is 0 Å². The standard InChI is InChI=1S/C13H14ClNOS/c1-2-12-11(8-16)15-13(17-12)7-9-3-5-10(14)6-4-9/h3-6,16H,2,7-8H2,1H3. The van der Waals surface area contributed by atoms with Gasteiger partial charge in [0.1, 0.15) is 0 Å². The highest BCUT2D eigenvalue weighted by molar-refractivity contribution is 7.11. The van der Waals surface area contributed by atoms with Gasteiger partial charge in [0.25, 0.3) is 0 Å². The summed E-state index contributed by atoms with van der Waals surface area (Å²) in [5.41, 5.74) is 2.01. The molecule has 0 atom stereocenters. The van der Waals surface area contributed by atoms with Crippen LogP contribution in [0.2, 0.25) is 5.02 Å². The van der Waals surface area contributed by atoms with Crippen molar-refractivity contribution in [3.63, 3.8) is 0 Å². The number of aliphatic hydroxyl groups excluding tert-OH is 1. The molecule has 2 aromatic rings. The van der Waals surface area contributed by atoms with Crippen molar-refractivity contribution in [1.29, 1.82) is 0 Å². The number of aromatic nitrogens is 1. The molecule has 0 aliphatic rings. The van der Waals surface area contributed by atoms with Crippen molar-refractivity contribution in [2.75, 3.05) is 0 Å². The van der Waals surface area contributed by atoms with Gasteiger partial charge >= 0.3 is 0 Å². The van der Waals surface area contributed by atoms with Crippen LogP contribution in [0.3, 0.4) is 0 Å². The number of rotatable bonds is 4. The van der Waals surface area contributed by atoms with E-state index in [1.165, 1.54) is 10.4 Å². The van der Waals surface area contributed by atoms with Crippen LogP contribution in [0.5, 0.6) is 0 Å². The number of hydrogen-bond acceptors (Lipinski definition) is 3. The average molecular weight is 268 g/mol. The first-order chi connectivity index (χ1) is 8.22. The van der Waals surface area contributed by atoms with Gasteiger partial charge in [-0.1, -0.05) is 30.7 Å². The van der Waals surface area contributed by atoms with Gasteiger partial charge in [-0.3, -0.25) is 0 Å². The lowest BCUT2D eigenvalue weighted by molar-refractivity contribution is 0.276. The third-order valence-electron chi connectivity index (χ3n) is 2.56. The Kier molecular flexibility index (Phi) is 4.15. The summed E-state index contributed by atoms with van der Waals surface area (Å²) in [4.78, 5) is 5.63. The molecular weight excluding hydrogens is 254 g/mol. The van der Waals surface area contributed by atoms with Crippen molar-refractivity contribution in [2.45, 2.75) is 26.4 Å². The van der Waals surface area contributed by atoms with E-state index in [0.717, 1.165) is 28.6 Å². The molecule has 1 N–H and O–H groups in total. The van der Waals surface area contributed by atoms with E-state index in [0.29, 0.717) is 0 Å². The van der Waals surface area contributed by atoms with Crippen LogP contribution in [0.15, 0.2) is 24.3 Å². The molecule has 17 heavy (non-hydrogen) atoms. The van der Waals surface area contributed by atoms with Gasteiger partial charge in [-0.2, -0.15) is 0 Å². The third-order valence-corrected chi connectivity index (χ3v) is 4.06. The Morgan fingerprint density at radius 1 is 1.29 bits per heavy atom. The Morgan fingerprint density at radius 2 is 2.00 bits per heavy atom. The smallest absolute Gasteiger partial charge is 0.0976 e. The van der Waals surface area contributed by atoms with Crippen molar-refractivity contribution in [1.82, 2.24) is 4.98 Å². The van der Waals surface area contributed by atoms with Gasteiger partial charge in [-0.15, -0.1) is 11.3 Å². The summed E-state index contributed by atoms with van der Waals surface area (Å²) in [6, 6.07) is 7.79. The third kappa shape index (κ3) is 3.06. The van der Waals surface area contributed by atoms with E-state index >= 15 is 0 Å². The van der Waals surface area contributed by atoms with E-state index in [-0.39, 0.29) is 6.61 Å². The summed E-state index contributed by atoms with van der Waals surface area (Å²) in [5, 5.41) is 11.0. The number of halogens is 1. The van der Waals surface area contributed by atoms with E-state index in [4.69, 9.17) is 11.6 Å². The highest BCUT2D eigenvalue weighted by Gasteiger charge is 2.09. The largest absolute Gasteiger partial charge is 0.390 e. The first-order valence-electron chi connectivity index (χ1n) is 5.55. The van der Waals surface area contributed by atoms with E-state index in [2.05, 4.69) is 11.9 Å². The molecule has 0 fully saturated rings. The number of aryl methyl sites for hydroxylation is 1. The summed E-state index contributed by atoms with van der Waals surface area (Å²) >= 11 is 7.52. The lowest BCUT2D eigenvalue weighted by Gasteiger charge is -1.97. The fourth-order valence-corrected chi connectivity index (χ4v) is 2.87. The molecule has 0 unspecified atom stereocenters. The summed E-state index contributed by atoms with van der Waals surface area (Å²) in [5.74, 6) is 0. The minimum absolute atomic E-state index is 0.0281. The van der Waals surface area contributed by atoms with Gasteiger partial charge in [-0.05, 0) is 24.1 Å². The monoisotopic (exact) mass is 267 g/mol. The van der Waals surface area contributed by atoms with Crippen LogP contribution in [-0.2, 0) is 19.4 Å². The first-order valence-corrected chi connectivity index (χ1v) is 6.75. The molecule has 0 radical (unpaired) electrons. The van der Waals surface area contributed by atoms with Gasteiger partial charge < -0.3 is 5.11 Å². The molecule has 90 valence electrons. The number of hydrogen-bond donors (Lipinski definition) is 1. The van der Waals surface area contributed by atoms with Crippen molar-refractivity contribution < 1.29 is 5.11 Å². The lowest BCUT2D eigenvalue weighted by atomic mass is 10.2. The fraction of sp³-hybridized carbons (Fsp3) is 0.308. The van der Waals surface area contributed by atoms with Crippen LogP contribution in [-0.4, -0.2) is 10.1 Å². The average Bonchev–Trinajstić information content (AvgIpc) is 2.74. The Balaban J connectivity index is 2.18. The van der Waals surface area contributed by atoms with Crippen LogP contribution in [0.1, 0.15) is 28.1 Å². The molecule has 1 aromatic carbocycles. The number of nitrogens with zero attached hydrogens (tertiary/aromatic N) is 1. The zero-order chi connectivity index (χ0) is 12.3. The number of thiazole rings is 1. The topological polar surface area (TPSA) is 33.1 Å². The van der Waals surface area contributed by atoms with E-state index in [9.17, 15) is 5.11 Å². The molecule has 0 saturated carbocycles. The second-order valence-electron chi connectivity index (χ2n) is 3.79. The summed E-state index contributed by atoms with van der Waals surface area (Å²) < 4.78 is 0. The fourth-order valence-electron chi connectivity index (χ4n) is 1.69. The Labute approximate surface area is 110 Å². The van der Waals surface area contributed by atoms with Gasteiger partial charge in [0, 0.05) is 16.3 Å². The van der Waals surface area contributed by atoms with Crippen LogP contribution in [0, 0.1) is 0 Å². The molecule has 1 aromatic heterocycles. The zero-order valence-electron chi connectivity index (χ0n) is 9.61. The first kappa shape index (κ1) is 12.6. The van der Waals surface area contributed by atoms with E-state index < -0.39 is 0 Å². The maximum Gasteiger partial charge on any atom is 0.0976 e. The summed E-state index contributed by atoms with van der Waals surface area (Å²) in [7, 11) is 0. The van der Waals surface area contributed by atoms with Crippen molar-refractivity contribution in [3.8, 4) is 0 Å². The van der Waals surface area contributed by atoms with Crippen molar-refractivity contribution in [2.24, 2.45) is 0 Å². The molecule has 0 saturated heterocycles. The molecule has 2 rings (SSSR count). The minimum atomic E-state index is 0.0281. The molecule has 0 spiro atoms. The highest BCUT2D eigenvalue weighted by atomic mass is 35.5. The van der Waals surface area contributed by atoms with Crippen LogP contribution >= 0.6 is 22.9 Å². The van der Waals surface area contributed by atoms with Crippen LogP contribution < -0.4 is 0 Å². The number of benzene rings is 1. The normalized spacial score (nSPS) is 10.8. The Hall–Kier alpha value is -0.900. The van der Waals surface area contributed by atoms with Crippen molar-refractivity contribution in [3.05, 3.63) is 50.4 Å². The highest BCUT2D eigenvalue weighted by Crippen LogP contribution is 2.22. The molecule has 0 amide bonds. The maximum absolute atomic E-state index is 9.19. The minimum Gasteiger partial charge on any atom is -0.390 e. The van der Waals surface area contributed by atoms with E-state index in [1.54, 1.807) is 11.3 Å².